The molecular formula is C22H30INO7S. The van der Waals surface area contributed by atoms with Gasteiger partial charge in [0.2, 0.25) is 10.0 Å². The van der Waals surface area contributed by atoms with Crippen LogP contribution in [0.1, 0.15) is 39.0 Å². The summed E-state index contributed by atoms with van der Waals surface area (Å²) in [6, 6.07) is 7.51. The molecule has 0 saturated heterocycles. The van der Waals surface area contributed by atoms with Crippen LogP contribution in [0.25, 0.3) is 0 Å². The zero-order valence-corrected chi connectivity index (χ0v) is 21.6. The Kier molecular flexibility index (Phi) is 13.3. The largest absolute Gasteiger partial charge is 0.490 e. The van der Waals surface area contributed by atoms with E-state index in [2.05, 4.69) is 39.2 Å². The van der Waals surface area contributed by atoms with Crippen LogP contribution in [0.2, 0.25) is 0 Å². The molecule has 0 bridgehead atoms. The zero-order chi connectivity index (χ0) is 24.0. The van der Waals surface area contributed by atoms with E-state index in [0.29, 0.717) is 31.4 Å². The molecule has 0 amide bonds. The molecule has 0 aliphatic carbocycles. The molecule has 178 valence electrons. The third-order valence-corrected chi connectivity index (χ3v) is 6.18. The number of nitrogens with zero attached hydrogens (tertiary/aromatic N) is 1. The Morgan fingerprint density at radius 1 is 1.22 bits per heavy atom. The average Bonchev–Trinajstić information content (AvgIpc) is 2.71. The second kappa shape index (κ2) is 15.1. The van der Waals surface area contributed by atoms with Gasteiger partial charge < -0.3 is 14.2 Å². The van der Waals surface area contributed by atoms with Crippen LogP contribution in [0.3, 0.4) is 0 Å². The zero-order valence-electron chi connectivity index (χ0n) is 18.6. The van der Waals surface area contributed by atoms with E-state index in [0.717, 1.165) is 9.83 Å². The fourth-order valence-corrected chi connectivity index (χ4v) is 3.94. The molecule has 32 heavy (non-hydrogen) atoms. The molecule has 1 aromatic rings. The highest BCUT2D eigenvalue weighted by Crippen LogP contribution is 2.16. The summed E-state index contributed by atoms with van der Waals surface area (Å²) >= 11 is 2.18. The van der Waals surface area contributed by atoms with Crippen LogP contribution in [0.5, 0.6) is 5.75 Å². The van der Waals surface area contributed by atoms with Crippen molar-refractivity contribution >= 4 is 44.6 Å². The van der Waals surface area contributed by atoms with Gasteiger partial charge in [-0.2, -0.15) is 4.31 Å². The van der Waals surface area contributed by atoms with Crippen molar-refractivity contribution in [1.29, 1.82) is 0 Å². The van der Waals surface area contributed by atoms with E-state index in [9.17, 15) is 18.0 Å². The van der Waals surface area contributed by atoms with Crippen molar-refractivity contribution in [3.8, 4) is 17.6 Å². The fraction of sp³-hybridized carbons (Fsp3) is 0.545. The predicted molar refractivity (Wildman–Crippen MR) is 130 cm³/mol. The van der Waals surface area contributed by atoms with Crippen LogP contribution >= 0.6 is 22.6 Å². The molecule has 0 N–H and O–H groups in total. The number of unbranched alkanes of at least 4 members (excludes halogenated alkanes) is 1. The Hall–Kier alpha value is -1.84. The van der Waals surface area contributed by atoms with Gasteiger partial charge in [-0.05, 0) is 60.1 Å². The molecule has 8 nitrogen and oxygen atoms in total. The topological polar surface area (TPSA) is 99.2 Å². The molecule has 0 aliphatic heterocycles. The lowest BCUT2D eigenvalue weighted by atomic mass is 10.2. The van der Waals surface area contributed by atoms with Crippen LogP contribution in [0.4, 0.5) is 0 Å². The summed E-state index contributed by atoms with van der Waals surface area (Å²) in [5, 5.41) is 0. The molecular weight excluding hydrogens is 549 g/mol. The van der Waals surface area contributed by atoms with Gasteiger partial charge in [-0.3, -0.25) is 9.59 Å². The third kappa shape index (κ3) is 12.9. The van der Waals surface area contributed by atoms with Crippen molar-refractivity contribution in [2.45, 2.75) is 45.1 Å². The highest BCUT2D eigenvalue weighted by atomic mass is 127. The summed E-state index contributed by atoms with van der Waals surface area (Å²) in [5.74, 6) is 5.69. The lowest BCUT2D eigenvalue weighted by Gasteiger charge is -2.21. The average molecular weight is 579 g/mol. The van der Waals surface area contributed by atoms with Gasteiger partial charge >= 0.3 is 11.9 Å². The Labute approximate surface area is 204 Å². The van der Waals surface area contributed by atoms with Gasteiger partial charge in [0.05, 0.1) is 19.9 Å². The van der Waals surface area contributed by atoms with Crippen LogP contribution < -0.4 is 4.74 Å². The highest BCUT2D eigenvalue weighted by Gasteiger charge is 2.18. The molecule has 10 heteroatoms. The van der Waals surface area contributed by atoms with E-state index in [1.807, 2.05) is 24.3 Å². The number of carbonyl (C=O) groups excluding carboxylic acids is 2. The second-order valence-electron chi connectivity index (χ2n) is 7.02. The first-order chi connectivity index (χ1) is 15.1. The number of ether oxygens (including phenoxy) is 3. The van der Waals surface area contributed by atoms with E-state index in [1.165, 1.54) is 18.3 Å². The molecule has 1 rings (SSSR count). The lowest BCUT2D eigenvalue weighted by Crippen LogP contribution is -2.32. The molecule has 0 spiro atoms. The molecule has 1 atom stereocenters. The molecule has 0 aliphatic rings. The maximum absolute atomic E-state index is 12.1. The number of hydrogen-bond donors (Lipinski definition) is 0. The highest BCUT2D eigenvalue weighted by molar-refractivity contribution is 14.1. The first-order valence-electron chi connectivity index (χ1n) is 10.1. The van der Waals surface area contributed by atoms with Gasteiger partial charge in [-0.25, -0.2) is 8.42 Å². The second-order valence-corrected chi connectivity index (χ2v) is 10.2. The van der Waals surface area contributed by atoms with Gasteiger partial charge in [-0.15, -0.1) is 5.92 Å². The fourth-order valence-electron chi connectivity index (χ4n) is 2.67. The van der Waals surface area contributed by atoms with Crippen molar-refractivity contribution in [1.82, 2.24) is 4.31 Å². The number of halogens is 1. The van der Waals surface area contributed by atoms with Gasteiger partial charge in [-0.1, -0.05) is 12.0 Å². The Morgan fingerprint density at radius 2 is 1.97 bits per heavy atom. The van der Waals surface area contributed by atoms with E-state index >= 15 is 0 Å². The van der Waals surface area contributed by atoms with Crippen LogP contribution in [0.15, 0.2) is 24.3 Å². The number of methoxy groups -OCH3 is 1. The third-order valence-electron chi connectivity index (χ3n) is 4.26. The van der Waals surface area contributed by atoms with Gasteiger partial charge in [0.15, 0.2) is 0 Å². The van der Waals surface area contributed by atoms with E-state index in [-0.39, 0.29) is 32.1 Å². The molecule has 0 heterocycles. The summed E-state index contributed by atoms with van der Waals surface area (Å²) in [5.41, 5.74) is 0. The Bertz CT molecular complexity index is 908. The minimum atomic E-state index is -3.44. The van der Waals surface area contributed by atoms with Crippen molar-refractivity contribution in [2.75, 3.05) is 33.1 Å². The minimum Gasteiger partial charge on any atom is -0.490 e. The quantitative estimate of drug-likeness (QED) is 0.153. The molecule has 1 aromatic carbocycles. The van der Waals surface area contributed by atoms with E-state index in [1.54, 1.807) is 0 Å². The summed E-state index contributed by atoms with van der Waals surface area (Å²) < 4.78 is 42.1. The monoisotopic (exact) mass is 579 g/mol. The maximum atomic E-state index is 12.1. The van der Waals surface area contributed by atoms with Crippen LogP contribution in [-0.4, -0.2) is 63.8 Å². The SMILES string of the molecule is COC(=O)CCCC#CCN(CCCC(COc1cccc(I)c1)OC(C)=O)S(C)(=O)=O. The first-order valence-corrected chi connectivity index (χ1v) is 13.1. The number of carbonyl (C=O) groups is 2. The van der Waals surface area contributed by atoms with Gasteiger partial charge in [0.25, 0.3) is 0 Å². The Balaban J connectivity index is 2.55. The Morgan fingerprint density at radius 3 is 2.59 bits per heavy atom. The number of sulfonamides is 1. The molecule has 0 saturated carbocycles. The standard InChI is InChI=1S/C22H30INO7S/c1-18(25)31-21(17-30-20-11-8-10-19(23)16-20)12-9-15-24(32(3,27)28)14-7-5-4-6-13-22(26)29-2/h8,10-11,16,21H,4,6,9,12-15,17H2,1-3H3. The van der Waals surface area contributed by atoms with Gasteiger partial charge in [0, 0.05) is 29.9 Å². The van der Waals surface area contributed by atoms with E-state index < -0.39 is 22.1 Å². The normalized spacial score (nSPS) is 11.9. The lowest BCUT2D eigenvalue weighted by molar-refractivity contribution is -0.148. The molecule has 0 aromatic heterocycles. The first kappa shape index (κ1) is 28.2. The van der Waals surface area contributed by atoms with Crippen molar-refractivity contribution in [3.05, 3.63) is 27.8 Å². The smallest absolute Gasteiger partial charge is 0.305 e. The van der Waals surface area contributed by atoms with E-state index in [4.69, 9.17) is 9.47 Å². The molecule has 0 radical (unpaired) electrons. The summed E-state index contributed by atoms with van der Waals surface area (Å²) in [6.45, 7) is 1.82. The number of esters is 2. The summed E-state index contributed by atoms with van der Waals surface area (Å²) in [4.78, 5) is 22.5. The number of hydrogen-bond acceptors (Lipinski definition) is 7. The molecule has 1 unspecified atom stereocenters. The molecule has 0 fully saturated rings. The van der Waals surface area contributed by atoms with Gasteiger partial charge in [0.1, 0.15) is 18.5 Å². The predicted octanol–water partition coefficient (Wildman–Crippen LogP) is 2.99. The maximum Gasteiger partial charge on any atom is 0.305 e. The van der Waals surface area contributed by atoms with Crippen LogP contribution in [0, 0.1) is 15.4 Å². The number of rotatable bonds is 13. The van der Waals surface area contributed by atoms with Crippen molar-refractivity contribution in [2.24, 2.45) is 0 Å². The minimum absolute atomic E-state index is 0.0637. The summed E-state index contributed by atoms with van der Waals surface area (Å²) in [7, 11) is -2.11. The van der Waals surface area contributed by atoms with Crippen molar-refractivity contribution < 1.29 is 32.2 Å². The van der Waals surface area contributed by atoms with Crippen molar-refractivity contribution in [3.63, 3.8) is 0 Å². The van der Waals surface area contributed by atoms with Crippen LogP contribution in [-0.2, 0) is 29.1 Å². The summed E-state index contributed by atoms with van der Waals surface area (Å²) in [6.07, 6.45) is 2.89. The number of benzene rings is 1.